The number of benzene rings is 1. The Morgan fingerprint density at radius 1 is 1.48 bits per heavy atom. The first-order valence-corrected chi connectivity index (χ1v) is 9.59. The van der Waals surface area contributed by atoms with Crippen LogP contribution in [0.25, 0.3) is 11.3 Å². The summed E-state index contributed by atoms with van der Waals surface area (Å²) in [4.78, 5) is 29.5. The lowest BCUT2D eigenvalue weighted by Crippen LogP contribution is -2.47. The molecule has 0 aliphatic carbocycles. The van der Waals surface area contributed by atoms with Crippen LogP contribution in [0.15, 0.2) is 29.6 Å². The van der Waals surface area contributed by atoms with Crippen LogP contribution in [0, 0.1) is 0 Å². The van der Waals surface area contributed by atoms with Gasteiger partial charge in [-0.25, -0.2) is 4.98 Å². The molecule has 0 unspecified atom stereocenters. The molecule has 0 spiro atoms. The quantitative estimate of drug-likeness (QED) is 0.811. The molecule has 1 aromatic heterocycles. The largest absolute Gasteiger partial charge is 0.497 e. The number of anilines is 1. The van der Waals surface area contributed by atoms with Gasteiger partial charge in [0, 0.05) is 16.7 Å². The van der Waals surface area contributed by atoms with E-state index < -0.39 is 6.04 Å². The van der Waals surface area contributed by atoms with Gasteiger partial charge in [0.2, 0.25) is 12.3 Å². The van der Waals surface area contributed by atoms with E-state index in [4.69, 9.17) is 4.74 Å². The molecular weight excluding hydrogens is 358 g/mol. The van der Waals surface area contributed by atoms with E-state index in [2.05, 4.69) is 10.3 Å². The summed E-state index contributed by atoms with van der Waals surface area (Å²) in [6.45, 7) is 3.87. The molecule has 1 aliphatic rings. The number of nitrogens with zero attached hydrogens (tertiary/aromatic N) is 2. The Morgan fingerprint density at radius 3 is 3.00 bits per heavy atom. The Hall–Kier alpha value is -2.06. The first kappa shape index (κ1) is 17.8. The summed E-state index contributed by atoms with van der Waals surface area (Å²) in [7, 11) is 1.62. The van der Waals surface area contributed by atoms with Gasteiger partial charge in [0.25, 0.3) is 0 Å². The van der Waals surface area contributed by atoms with Crippen LogP contribution in [0.3, 0.4) is 0 Å². The van der Waals surface area contributed by atoms with E-state index in [0.717, 1.165) is 23.4 Å². The minimum atomic E-state index is -0.485. The number of carbonyl (C=O) groups excluding carboxylic acids is 2. The molecular formula is C17H19N3O3S2. The van der Waals surface area contributed by atoms with Crippen LogP contribution in [0.2, 0.25) is 0 Å². The van der Waals surface area contributed by atoms with Gasteiger partial charge in [-0.15, -0.1) is 23.1 Å². The lowest BCUT2D eigenvalue weighted by molar-refractivity contribution is -0.130. The maximum absolute atomic E-state index is 12.5. The zero-order chi connectivity index (χ0) is 18.0. The first-order chi connectivity index (χ1) is 11.9. The second-order valence-electron chi connectivity index (χ2n) is 6.05. The Bertz CT molecular complexity index is 791. The zero-order valence-electron chi connectivity index (χ0n) is 14.2. The number of nitrogens with one attached hydrogen (secondary N) is 1. The van der Waals surface area contributed by atoms with Crippen molar-refractivity contribution in [2.75, 3.05) is 18.2 Å². The van der Waals surface area contributed by atoms with Gasteiger partial charge in [-0.1, -0.05) is 12.1 Å². The van der Waals surface area contributed by atoms with E-state index in [9.17, 15) is 9.59 Å². The maximum atomic E-state index is 12.5. The Balaban J connectivity index is 1.73. The van der Waals surface area contributed by atoms with Crippen LogP contribution in [0.5, 0.6) is 5.75 Å². The van der Waals surface area contributed by atoms with Crippen LogP contribution < -0.4 is 10.1 Å². The fourth-order valence-electron chi connectivity index (χ4n) is 2.65. The highest BCUT2D eigenvalue weighted by molar-refractivity contribution is 8.00. The Labute approximate surface area is 154 Å². The number of methoxy groups -OCH3 is 1. The number of thiazole rings is 1. The van der Waals surface area contributed by atoms with Crippen LogP contribution in [0.4, 0.5) is 5.13 Å². The maximum Gasteiger partial charge on any atom is 0.249 e. The van der Waals surface area contributed by atoms with Crippen molar-refractivity contribution in [3.8, 4) is 17.0 Å². The third-order valence-electron chi connectivity index (χ3n) is 4.07. The molecule has 8 heteroatoms. The highest BCUT2D eigenvalue weighted by Crippen LogP contribution is 2.38. The highest BCUT2D eigenvalue weighted by Gasteiger charge is 2.43. The van der Waals surface area contributed by atoms with Crippen molar-refractivity contribution < 1.29 is 14.3 Å². The molecule has 1 fully saturated rings. The van der Waals surface area contributed by atoms with Gasteiger partial charge in [0.15, 0.2) is 5.13 Å². The lowest BCUT2D eigenvalue weighted by atomic mass is 10.2. The van der Waals surface area contributed by atoms with Gasteiger partial charge in [0.1, 0.15) is 11.8 Å². The van der Waals surface area contributed by atoms with Gasteiger partial charge < -0.3 is 15.0 Å². The fraction of sp³-hybridized carbons (Fsp3) is 0.353. The smallest absolute Gasteiger partial charge is 0.249 e. The first-order valence-electron chi connectivity index (χ1n) is 7.73. The predicted molar refractivity (Wildman–Crippen MR) is 101 cm³/mol. The molecule has 1 saturated heterocycles. The number of carbonyl (C=O) groups is 2. The molecule has 2 aromatic rings. The van der Waals surface area contributed by atoms with E-state index in [1.165, 1.54) is 11.3 Å². The monoisotopic (exact) mass is 377 g/mol. The SMILES string of the molecule is COc1cccc(-c2csc(NC(=O)[C@@H]3CSC(C)(C)N3C=O)n2)c1. The molecule has 0 bridgehead atoms. The standard InChI is InChI=1S/C17H19N3O3S2/c1-17(2)20(10-21)14(9-25-17)15(22)19-16-18-13(8-24-16)11-5-4-6-12(7-11)23-3/h4-8,10,14H,9H2,1-3H3,(H,18,19,22)/t14-/m0/s1. The number of amides is 2. The summed E-state index contributed by atoms with van der Waals surface area (Å²) in [6, 6.07) is 7.11. The summed E-state index contributed by atoms with van der Waals surface area (Å²) in [5.41, 5.74) is 1.69. The number of hydrogen-bond donors (Lipinski definition) is 1. The average molecular weight is 377 g/mol. The fourth-order valence-corrected chi connectivity index (χ4v) is 4.57. The lowest BCUT2D eigenvalue weighted by Gasteiger charge is -2.29. The summed E-state index contributed by atoms with van der Waals surface area (Å²) in [5, 5.41) is 5.23. The second-order valence-corrected chi connectivity index (χ2v) is 8.52. The summed E-state index contributed by atoms with van der Waals surface area (Å²) >= 11 is 2.94. The molecule has 0 radical (unpaired) electrons. The summed E-state index contributed by atoms with van der Waals surface area (Å²) in [5.74, 6) is 1.12. The number of hydrogen-bond acceptors (Lipinski definition) is 6. The molecule has 1 aromatic carbocycles. The van der Waals surface area contributed by atoms with Crippen LogP contribution in [-0.2, 0) is 9.59 Å². The van der Waals surface area contributed by atoms with Gasteiger partial charge in [0.05, 0.1) is 17.7 Å². The zero-order valence-corrected chi connectivity index (χ0v) is 15.8. The molecule has 6 nitrogen and oxygen atoms in total. The number of aromatic nitrogens is 1. The van der Waals surface area contributed by atoms with Gasteiger partial charge in [-0.2, -0.15) is 0 Å². The van der Waals surface area contributed by atoms with E-state index in [-0.39, 0.29) is 10.8 Å². The van der Waals surface area contributed by atoms with Crippen molar-refractivity contribution in [1.29, 1.82) is 0 Å². The molecule has 25 heavy (non-hydrogen) atoms. The van der Waals surface area contributed by atoms with E-state index in [0.29, 0.717) is 10.9 Å². The second kappa shape index (κ2) is 7.05. The van der Waals surface area contributed by atoms with Gasteiger partial charge >= 0.3 is 0 Å². The van der Waals surface area contributed by atoms with Crippen molar-refractivity contribution in [3.63, 3.8) is 0 Å². The van der Waals surface area contributed by atoms with Crippen LogP contribution in [-0.4, -0.2) is 46.0 Å². The predicted octanol–water partition coefficient (Wildman–Crippen LogP) is 3.07. The van der Waals surface area contributed by atoms with Crippen LogP contribution >= 0.6 is 23.1 Å². The van der Waals surface area contributed by atoms with Gasteiger partial charge in [-0.05, 0) is 26.0 Å². The molecule has 1 N–H and O–H groups in total. The highest BCUT2D eigenvalue weighted by atomic mass is 32.2. The van der Waals surface area contributed by atoms with Crippen LogP contribution in [0.1, 0.15) is 13.8 Å². The molecule has 2 amide bonds. The molecule has 1 atom stereocenters. The number of rotatable bonds is 5. The topological polar surface area (TPSA) is 71.5 Å². The minimum Gasteiger partial charge on any atom is -0.497 e. The minimum absolute atomic E-state index is 0.211. The Morgan fingerprint density at radius 2 is 2.28 bits per heavy atom. The molecule has 132 valence electrons. The summed E-state index contributed by atoms with van der Waals surface area (Å²) in [6.07, 6.45) is 0.744. The molecule has 2 heterocycles. The van der Waals surface area contributed by atoms with Crippen molar-refractivity contribution in [2.45, 2.75) is 24.8 Å². The number of ether oxygens (including phenoxy) is 1. The van der Waals surface area contributed by atoms with Crippen molar-refractivity contribution in [2.24, 2.45) is 0 Å². The number of thioether (sulfide) groups is 1. The van der Waals surface area contributed by atoms with Crippen molar-refractivity contribution >= 4 is 40.5 Å². The molecule has 1 aliphatic heterocycles. The molecule has 0 saturated carbocycles. The van der Waals surface area contributed by atoms with Crippen molar-refractivity contribution in [3.05, 3.63) is 29.6 Å². The Kier molecular flexibility index (Phi) is 5.01. The third-order valence-corrected chi connectivity index (χ3v) is 6.23. The normalized spacial score (nSPS) is 18.8. The van der Waals surface area contributed by atoms with E-state index in [1.54, 1.807) is 23.8 Å². The average Bonchev–Trinajstić information content (AvgIpc) is 3.18. The summed E-state index contributed by atoms with van der Waals surface area (Å²) < 4.78 is 5.22. The third kappa shape index (κ3) is 3.64. The van der Waals surface area contributed by atoms with Crippen molar-refractivity contribution in [1.82, 2.24) is 9.88 Å². The molecule has 3 rings (SSSR count). The van der Waals surface area contributed by atoms with E-state index >= 15 is 0 Å². The van der Waals surface area contributed by atoms with Gasteiger partial charge in [-0.3, -0.25) is 9.59 Å². The van der Waals surface area contributed by atoms with E-state index in [1.807, 2.05) is 43.5 Å².